The van der Waals surface area contributed by atoms with Gasteiger partial charge in [-0.15, -0.1) is 0 Å². The molecular formula is C16H13BrN2O5. The Bertz CT molecular complexity index is 761. The molecular weight excluding hydrogens is 380 g/mol. The molecule has 1 amide bonds. The number of carbonyl (C=O) groups excluding carboxylic acids is 2. The maximum absolute atomic E-state index is 11.9. The minimum absolute atomic E-state index is 0.121. The van der Waals surface area contributed by atoms with Gasteiger partial charge in [0.15, 0.2) is 0 Å². The van der Waals surface area contributed by atoms with Gasteiger partial charge >= 0.3 is 5.97 Å². The molecule has 0 aliphatic carbocycles. The van der Waals surface area contributed by atoms with Gasteiger partial charge < -0.3 is 10.1 Å². The molecule has 0 unspecified atom stereocenters. The predicted octanol–water partition coefficient (Wildman–Crippen LogP) is 2.83. The number of esters is 1. The lowest BCUT2D eigenvalue weighted by Gasteiger charge is -2.07. The van der Waals surface area contributed by atoms with Crippen LogP contribution in [0.4, 0.5) is 5.69 Å². The fraction of sp³-hybridized carbons (Fsp3) is 0.125. The van der Waals surface area contributed by atoms with E-state index in [9.17, 15) is 19.7 Å². The van der Waals surface area contributed by atoms with Gasteiger partial charge in [-0.3, -0.25) is 19.7 Å². The standard InChI is InChI=1S/C16H13BrN2O5/c17-13-7-5-11(6-8-13)16(21)18-9-15(20)24-10-12-3-1-2-4-14(12)19(22)23/h1-8H,9-10H2,(H,18,21). The highest BCUT2D eigenvalue weighted by Gasteiger charge is 2.14. The van der Waals surface area contributed by atoms with Gasteiger partial charge in [0.25, 0.3) is 11.6 Å². The molecule has 0 aliphatic rings. The third-order valence-corrected chi connectivity index (χ3v) is 3.61. The number of nitrogens with zero attached hydrogens (tertiary/aromatic N) is 1. The molecule has 1 N–H and O–H groups in total. The average molecular weight is 393 g/mol. The Labute approximate surface area is 145 Å². The zero-order valence-corrected chi connectivity index (χ0v) is 14.0. The molecule has 0 radical (unpaired) electrons. The van der Waals surface area contributed by atoms with E-state index >= 15 is 0 Å². The molecule has 124 valence electrons. The van der Waals surface area contributed by atoms with E-state index in [0.29, 0.717) is 5.56 Å². The summed E-state index contributed by atoms with van der Waals surface area (Å²) in [5.41, 5.74) is 0.573. The van der Waals surface area contributed by atoms with E-state index in [1.807, 2.05) is 0 Å². The Morgan fingerprint density at radius 2 is 1.79 bits per heavy atom. The van der Waals surface area contributed by atoms with Gasteiger partial charge in [0.05, 0.1) is 10.5 Å². The number of benzene rings is 2. The number of rotatable bonds is 6. The Kier molecular flexibility index (Phi) is 6.02. The number of hydrogen-bond donors (Lipinski definition) is 1. The lowest BCUT2D eigenvalue weighted by molar-refractivity contribution is -0.385. The molecule has 2 aromatic rings. The van der Waals surface area contributed by atoms with E-state index in [0.717, 1.165) is 4.47 Å². The summed E-state index contributed by atoms with van der Waals surface area (Å²) in [4.78, 5) is 33.9. The van der Waals surface area contributed by atoms with Gasteiger partial charge in [-0.25, -0.2) is 0 Å². The molecule has 2 aromatic carbocycles. The second kappa shape index (κ2) is 8.21. The second-order valence-electron chi connectivity index (χ2n) is 4.74. The maximum Gasteiger partial charge on any atom is 0.325 e. The van der Waals surface area contributed by atoms with E-state index in [4.69, 9.17) is 4.74 Å². The fourth-order valence-corrected chi connectivity index (χ4v) is 2.14. The van der Waals surface area contributed by atoms with Crippen LogP contribution < -0.4 is 5.32 Å². The molecule has 0 atom stereocenters. The smallest absolute Gasteiger partial charge is 0.325 e. The summed E-state index contributed by atoms with van der Waals surface area (Å²) in [6.45, 7) is -0.556. The van der Waals surface area contributed by atoms with Crippen LogP contribution in [0.5, 0.6) is 0 Å². The Morgan fingerprint density at radius 1 is 1.12 bits per heavy atom. The number of ether oxygens (including phenoxy) is 1. The number of hydrogen-bond acceptors (Lipinski definition) is 5. The van der Waals surface area contributed by atoms with Crippen molar-refractivity contribution in [1.82, 2.24) is 5.32 Å². The van der Waals surface area contributed by atoms with Crippen molar-refractivity contribution >= 4 is 33.5 Å². The molecule has 0 aromatic heterocycles. The Morgan fingerprint density at radius 3 is 2.46 bits per heavy atom. The van der Waals surface area contributed by atoms with Crippen LogP contribution in [0.1, 0.15) is 15.9 Å². The van der Waals surface area contributed by atoms with E-state index in [-0.39, 0.29) is 24.4 Å². The van der Waals surface area contributed by atoms with Crippen LogP contribution in [0.15, 0.2) is 53.0 Å². The zero-order valence-electron chi connectivity index (χ0n) is 12.4. The minimum atomic E-state index is -0.682. The summed E-state index contributed by atoms with van der Waals surface area (Å²) in [5.74, 6) is -1.09. The van der Waals surface area contributed by atoms with Crippen molar-refractivity contribution in [3.63, 3.8) is 0 Å². The first kappa shape index (κ1) is 17.6. The average Bonchev–Trinajstić information content (AvgIpc) is 2.58. The van der Waals surface area contributed by atoms with Gasteiger partial charge in [0.2, 0.25) is 0 Å². The maximum atomic E-state index is 11.9. The largest absolute Gasteiger partial charge is 0.459 e. The molecule has 0 saturated heterocycles. The van der Waals surface area contributed by atoms with Crippen LogP contribution in [0.2, 0.25) is 0 Å². The fourth-order valence-electron chi connectivity index (χ4n) is 1.88. The van der Waals surface area contributed by atoms with Gasteiger partial charge in [0.1, 0.15) is 13.2 Å². The first-order chi connectivity index (χ1) is 11.5. The third-order valence-electron chi connectivity index (χ3n) is 3.08. The Balaban J connectivity index is 1.85. The zero-order chi connectivity index (χ0) is 17.5. The molecule has 8 heteroatoms. The van der Waals surface area contributed by atoms with Gasteiger partial charge in [-0.05, 0) is 30.3 Å². The molecule has 24 heavy (non-hydrogen) atoms. The first-order valence-corrected chi connectivity index (χ1v) is 7.68. The van der Waals surface area contributed by atoms with E-state index < -0.39 is 16.8 Å². The minimum Gasteiger partial charge on any atom is -0.459 e. The van der Waals surface area contributed by atoms with Crippen LogP contribution >= 0.6 is 15.9 Å². The topological polar surface area (TPSA) is 98.5 Å². The summed E-state index contributed by atoms with van der Waals surface area (Å²) < 4.78 is 5.79. The summed E-state index contributed by atoms with van der Waals surface area (Å²) in [6.07, 6.45) is 0. The van der Waals surface area contributed by atoms with E-state index in [2.05, 4.69) is 21.2 Å². The highest BCUT2D eigenvalue weighted by atomic mass is 79.9. The lowest BCUT2D eigenvalue weighted by Crippen LogP contribution is -2.30. The number of carbonyl (C=O) groups is 2. The van der Waals surface area contributed by atoms with Crippen molar-refractivity contribution in [2.75, 3.05) is 6.54 Å². The number of amides is 1. The summed E-state index contributed by atoms with van der Waals surface area (Å²) in [7, 11) is 0. The summed E-state index contributed by atoms with van der Waals surface area (Å²) >= 11 is 3.26. The monoisotopic (exact) mass is 392 g/mol. The first-order valence-electron chi connectivity index (χ1n) is 6.89. The van der Waals surface area contributed by atoms with Crippen molar-refractivity contribution in [3.8, 4) is 0 Å². The number of para-hydroxylation sites is 1. The highest BCUT2D eigenvalue weighted by Crippen LogP contribution is 2.18. The molecule has 0 saturated carbocycles. The van der Waals surface area contributed by atoms with Crippen molar-refractivity contribution in [1.29, 1.82) is 0 Å². The second-order valence-corrected chi connectivity index (χ2v) is 5.65. The molecule has 0 fully saturated rings. The van der Waals surface area contributed by atoms with Crippen molar-refractivity contribution in [2.24, 2.45) is 0 Å². The predicted molar refractivity (Wildman–Crippen MR) is 89.4 cm³/mol. The summed E-state index contributed by atoms with van der Waals surface area (Å²) in [6, 6.07) is 12.6. The van der Waals surface area contributed by atoms with Crippen molar-refractivity contribution in [2.45, 2.75) is 6.61 Å². The van der Waals surface area contributed by atoms with Gasteiger partial charge in [-0.2, -0.15) is 0 Å². The number of halogens is 1. The lowest BCUT2D eigenvalue weighted by atomic mass is 10.2. The van der Waals surface area contributed by atoms with Gasteiger partial charge in [-0.1, -0.05) is 28.1 Å². The molecule has 2 rings (SSSR count). The van der Waals surface area contributed by atoms with Crippen LogP contribution in [0, 0.1) is 10.1 Å². The van der Waals surface area contributed by atoms with Crippen molar-refractivity contribution < 1.29 is 19.2 Å². The van der Waals surface area contributed by atoms with Crippen LogP contribution in [-0.4, -0.2) is 23.3 Å². The third kappa shape index (κ3) is 4.88. The molecule has 0 heterocycles. The molecule has 0 spiro atoms. The Hall–Kier alpha value is -2.74. The molecule has 0 aliphatic heterocycles. The van der Waals surface area contributed by atoms with Crippen LogP contribution in [0.3, 0.4) is 0 Å². The summed E-state index contributed by atoms with van der Waals surface area (Å²) in [5, 5.41) is 13.3. The number of nitro groups is 1. The van der Waals surface area contributed by atoms with Crippen molar-refractivity contribution in [3.05, 3.63) is 74.2 Å². The van der Waals surface area contributed by atoms with Crippen LogP contribution in [-0.2, 0) is 16.1 Å². The molecule has 0 bridgehead atoms. The normalized spacial score (nSPS) is 10.0. The molecule has 7 nitrogen and oxygen atoms in total. The van der Waals surface area contributed by atoms with E-state index in [1.54, 1.807) is 30.3 Å². The van der Waals surface area contributed by atoms with E-state index in [1.165, 1.54) is 18.2 Å². The highest BCUT2D eigenvalue weighted by molar-refractivity contribution is 9.10. The number of nitrogens with one attached hydrogen (secondary N) is 1. The SMILES string of the molecule is O=C(CNC(=O)c1ccc(Br)cc1)OCc1ccccc1[N+](=O)[O-]. The van der Waals surface area contributed by atoms with Gasteiger partial charge in [0, 0.05) is 16.1 Å². The number of nitro benzene ring substituents is 1. The quantitative estimate of drug-likeness (QED) is 0.462. The van der Waals surface area contributed by atoms with Crippen LogP contribution in [0.25, 0.3) is 0 Å².